The zero-order valence-electron chi connectivity index (χ0n) is 11.3. The molecule has 3 nitrogen and oxygen atoms in total. The highest BCUT2D eigenvalue weighted by Gasteiger charge is 2.20. The van der Waals surface area contributed by atoms with Crippen molar-refractivity contribution in [3.63, 3.8) is 0 Å². The van der Waals surface area contributed by atoms with Crippen LogP contribution in [0, 0.1) is 0 Å². The van der Waals surface area contributed by atoms with E-state index >= 15 is 0 Å². The van der Waals surface area contributed by atoms with Gasteiger partial charge in [-0.3, -0.25) is 4.90 Å². The van der Waals surface area contributed by atoms with Crippen molar-refractivity contribution in [3.8, 4) is 5.75 Å². The lowest BCUT2D eigenvalue weighted by molar-refractivity contribution is 0.250. The molecule has 1 aliphatic rings. The van der Waals surface area contributed by atoms with Crippen molar-refractivity contribution in [2.24, 2.45) is 5.73 Å². The first-order valence-electron chi connectivity index (χ1n) is 6.40. The van der Waals surface area contributed by atoms with E-state index in [-0.39, 0.29) is 0 Å². The Labute approximate surface area is 128 Å². The van der Waals surface area contributed by atoms with Gasteiger partial charge in [0.15, 0.2) is 0 Å². The Kier molecular flexibility index (Phi) is 4.81. The van der Waals surface area contributed by atoms with Gasteiger partial charge < -0.3 is 10.5 Å². The van der Waals surface area contributed by atoms with E-state index in [1.807, 2.05) is 0 Å². The fraction of sp³-hybridized carbons (Fsp3) is 0.500. The standard InChI is InChI=1S/C14H19BrN2OS/c1-9(5-13(16)19)17(2)8-11-7-12(15)6-10-3-4-18-14(10)11/h6-7,9H,3-5,8H2,1-2H3,(H2,16,19). The lowest BCUT2D eigenvalue weighted by atomic mass is 10.1. The minimum absolute atomic E-state index is 0.327. The monoisotopic (exact) mass is 342 g/mol. The van der Waals surface area contributed by atoms with Crippen LogP contribution in [0.3, 0.4) is 0 Å². The van der Waals surface area contributed by atoms with Crippen molar-refractivity contribution in [3.05, 3.63) is 27.7 Å². The number of hydrogen-bond donors (Lipinski definition) is 1. The Bertz CT molecular complexity index is 493. The zero-order chi connectivity index (χ0) is 14.0. The topological polar surface area (TPSA) is 38.5 Å². The number of benzene rings is 1. The molecule has 1 unspecified atom stereocenters. The number of fused-ring (bicyclic) bond motifs is 1. The van der Waals surface area contributed by atoms with Crippen LogP contribution in [0.15, 0.2) is 16.6 Å². The van der Waals surface area contributed by atoms with Gasteiger partial charge in [0, 0.05) is 35.5 Å². The number of halogens is 1. The first-order valence-corrected chi connectivity index (χ1v) is 7.60. The van der Waals surface area contributed by atoms with Gasteiger partial charge in [-0.2, -0.15) is 0 Å². The Balaban J connectivity index is 2.13. The van der Waals surface area contributed by atoms with Crippen LogP contribution in [-0.4, -0.2) is 29.6 Å². The molecule has 0 spiro atoms. The summed E-state index contributed by atoms with van der Waals surface area (Å²) in [5.74, 6) is 1.05. The van der Waals surface area contributed by atoms with Crippen LogP contribution in [0.2, 0.25) is 0 Å². The van der Waals surface area contributed by atoms with Crippen LogP contribution >= 0.6 is 28.1 Å². The van der Waals surface area contributed by atoms with Gasteiger partial charge in [0.2, 0.25) is 0 Å². The van der Waals surface area contributed by atoms with Gasteiger partial charge >= 0.3 is 0 Å². The summed E-state index contributed by atoms with van der Waals surface area (Å²) in [6.45, 7) is 3.76. The Morgan fingerprint density at radius 3 is 3.00 bits per heavy atom. The molecule has 0 aliphatic carbocycles. The molecule has 5 heteroatoms. The van der Waals surface area contributed by atoms with Crippen LogP contribution in [-0.2, 0) is 13.0 Å². The summed E-state index contributed by atoms with van der Waals surface area (Å²) >= 11 is 8.54. The number of nitrogens with zero attached hydrogens (tertiary/aromatic N) is 1. The van der Waals surface area contributed by atoms with Crippen molar-refractivity contribution in [1.82, 2.24) is 4.90 Å². The third-order valence-electron chi connectivity index (χ3n) is 3.49. The average molecular weight is 343 g/mol. The summed E-state index contributed by atoms with van der Waals surface area (Å²) in [6.07, 6.45) is 1.73. The lowest BCUT2D eigenvalue weighted by Crippen LogP contribution is -2.32. The van der Waals surface area contributed by atoms with Crippen molar-refractivity contribution >= 4 is 33.1 Å². The first kappa shape index (κ1) is 14.8. The lowest BCUT2D eigenvalue weighted by Gasteiger charge is -2.25. The predicted molar refractivity (Wildman–Crippen MR) is 85.7 cm³/mol. The molecule has 1 aromatic carbocycles. The maximum atomic E-state index is 5.75. The number of rotatable bonds is 5. The average Bonchev–Trinajstić information content (AvgIpc) is 2.75. The summed E-state index contributed by atoms with van der Waals surface area (Å²) in [6, 6.07) is 4.60. The molecule has 0 aromatic heterocycles. The van der Waals surface area contributed by atoms with Gasteiger partial charge in [0.1, 0.15) is 5.75 Å². The molecule has 0 saturated carbocycles. The van der Waals surface area contributed by atoms with E-state index < -0.39 is 0 Å². The quantitative estimate of drug-likeness (QED) is 0.835. The van der Waals surface area contributed by atoms with Crippen molar-refractivity contribution in [2.75, 3.05) is 13.7 Å². The maximum absolute atomic E-state index is 5.75. The SMILES string of the molecule is CC(CC(N)=S)N(C)Cc1cc(Br)cc2c1OCC2. The molecule has 0 bridgehead atoms. The smallest absolute Gasteiger partial charge is 0.127 e. The van der Waals surface area contributed by atoms with E-state index in [2.05, 4.69) is 46.9 Å². The molecule has 0 saturated heterocycles. The normalized spacial score (nSPS) is 15.2. The van der Waals surface area contributed by atoms with Crippen LogP contribution in [0.5, 0.6) is 5.75 Å². The molecule has 0 fully saturated rings. The second-order valence-corrected chi connectivity index (χ2v) is 6.53. The maximum Gasteiger partial charge on any atom is 0.127 e. The van der Waals surface area contributed by atoms with E-state index in [4.69, 9.17) is 22.7 Å². The second kappa shape index (κ2) is 6.20. The zero-order valence-corrected chi connectivity index (χ0v) is 13.7. The van der Waals surface area contributed by atoms with Gasteiger partial charge in [-0.05, 0) is 31.7 Å². The van der Waals surface area contributed by atoms with Crippen LogP contribution in [0.25, 0.3) is 0 Å². The van der Waals surface area contributed by atoms with E-state index in [9.17, 15) is 0 Å². The molecule has 2 rings (SSSR count). The molecule has 1 aromatic rings. The fourth-order valence-electron chi connectivity index (χ4n) is 2.33. The van der Waals surface area contributed by atoms with Gasteiger partial charge in [-0.25, -0.2) is 0 Å². The second-order valence-electron chi connectivity index (χ2n) is 5.09. The largest absolute Gasteiger partial charge is 0.493 e. The Hall–Kier alpha value is -0.650. The van der Waals surface area contributed by atoms with E-state index in [0.717, 1.165) is 36.2 Å². The van der Waals surface area contributed by atoms with E-state index in [1.54, 1.807) is 0 Å². The number of hydrogen-bond acceptors (Lipinski definition) is 3. The van der Waals surface area contributed by atoms with Crippen LogP contribution in [0.4, 0.5) is 0 Å². The van der Waals surface area contributed by atoms with Crippen molar-refractivity contribution in [2.45, 2.75) is 32.4 Å². The van der Waals surface area contributed by atoms with E-state index in [1.165, 1.54) is 11.1 Å². The van der Waals surface area contributed by atoms with E-state index in [0.29, 0.717) is 11.0 Å². The summed E-state index contributed by atoms with van der Waals surface area (Å²) < 4.78 is 6.86. The summed E-state index contributed by atoms with van der Waals surface area (Å²) in [5.41, 5.74) is 8.12. The molecule has 0 amide bonds. The van der Waals surface area contributed by atoms with Gasteiger partial charge in [-0.15, -0.1) is 0 Å². The summed E-state index contributed by atoms with van der Waals surface area (Å²) in [7, 11) is 2.09. The predicted octanol–water partition coefficient (Wildman–Crippen LogP) is 2.88. The molecule has 19 heavy (non-hydrogen) atoms. The Morgan fingerprint density at radius 2 is 2.32 bits per heavy atom. The first-order chi connectivity index (χ1) is 8.97. The molecule has 1 atom stereocenters. The fourth-order valence-corrected chi connectivity index (χ4v) is 3.13. The highest BCUT2D eigenvalue weighted by molar-refractivity contribution is 9.10. The summed E-state index contributed by atoms with van der Waals surface area (Å²) in [4.78, 5) is 2.82. The van der Waals surface area contributed by atoms with Gasteiger partial charge in [-0.1, -0.05) is 28.1 Å². The van der Waals surface area contributed by atoms with Crippen molar-refractivity contribution < 1.29 is 4.74 Å². The minimum atomic E-state index is 0.327. The molecular weight excluding hydrogens is 324 g/mol. The van der Waals surface area contributed by atoms with Crippen LogP contribution in [0.1, 0.15) is 24.5 Å². The van der Waals surface area contributed by atoms with Crippen molar-refractivity contribution in [1.29, 1.82) is 0 Å². The molecule has 1 heterocycles. The number of ether oxygens (including phenoxy) is 1. The molecule has 0 radical (unpaired) electrons. The molecule has 1 aliphatic heterocycles. The van der Waals surface area contributed by atoms with Crippen LogP contribution < -0.4 is 10.5 Å². The molecule has 104 valence electrons. The van der Waals surface area contributed by atoms with Gasteiger partial charge in [0.25, 0.3) is 0 Å². The third-order valence-corrected chi connectivity index (χ3v) is 4.12. The number of thiocarbonyl (C=S) groups is 1. The minimum Gasteiger partial charge on any atom is -0.493 e. The number of nitrogens with two attached hydrogens (primary N) is 1. The third kappa shape index (κ3) is 3.68. The molecule has 2 N–H and O–H groups in total. The summed E-state index contributed by atoms with van der Waals surface area (Å²) in [5, 5.41) is 0. The highest BCUT2D eigenvalue weighted by atomic mass is 79.9. The van der Waals surface area contributed by atoms with Gasteiger partial charge in [0.05, 0.1) is 11.6 Å². The highest BCUT2D eigenvalue weighted by Crippen LogP contribution is 2.33. The Morgan fingerprint density at radius 1 is 1.58 bits per heavy atom. The molecular formula is C14H19BrN2OS.